The normalized spacial score (nSPS) is 23.3. The van der Waals surface area contributed by atoms with Crippen molar-refractivity contribution < 1.29 is 9.59 Å². The summed E-state index contributed by atoms with van der Waals surface area (Å²) in [5.41, 5.74) is 4.24. The lowest BCUT2D eigenvalue weighted by Crippen LogP contribution is -2.25. The standard InChI is InChI=1S/C26H20N6O2S4/c33-23-13-37-25(27-23)31-19(11-17(29-31)21-3-1-9-35-21)15-5-7-16(8-6-15)20-12-18(22-4-2-10-36-22)30-32(20)26-28-24(34)14-38-26/h1-10,19-20H,11-14H2. The number of nitrogens with zero attached hydrogens (tertiary/aromatic N) is 6. The second-order valence-corrected chi connectivity index (χ2v) is 12.8. The largest absolute Gasteiger partial charge is 0.272 e. The average molecular weight is 577 g/mol. The van der Waals surface area contributed by atoms with Gasteiger partial charge in [-0.3, -0.25) is 9.59 Å². The molecule has 190 valence electrons. The number of carbonyl (C=O) groups excluding carboxylic acids is 2. The van der Waals surface area contributed by atoms with E-state index in [-0.39, 0.29) is 23.9 Å². The fourth-order valence-corrected chi connectivity index (χ4v) is 7.86. The zero-order chi connectivity index (χ0) is 25.6. The summed E-state index contributed by atoms with van der Waals surface area (Å²) < 4.78 is 0. The number of hydrogen-bond donors (Lipinski definition) is 0. The molecule has 0 radical (unpaired) electrons. The van der Waals surface area contributed by atoms with Gasteiger partial charge < -0.3 is 0 Å². The molecule has 38 heavy (non-hydrogen) atoms. The van der Waals surface area contributed by atoms with Gasteiger partial charge >= 0.3 is 0 Å². The van der Waals surface area contributed by atoms with Gasteiger partial charge in [-0.25, -0.2) is 10.0 Å². The molecule has 6 heterocycles. The number of carbonyl (C=O) groups is 2. The maximum Gasteiger partial charge on any atom is 0.258 e. The summed E-state index contributed by atoms with van der Waals surface area (Å²) in [5, 5.41) is 19.0. The van der Waals surface area contributed by atoms with Crippen LogP contribution in [0.1, 0.15) is 45.8 Å². The summed E-state index contributed by atoms with van der Waals surface area (Å²) in [6, 6.07) is 16.7. The molecule has 2 atom stereocenters. The lowest BCUT2D eigenvalue weighted by molar-refractivity contribution is -0.116. The molecule has 0 fully saturated rings. The number of rotatable bonds is 4. The molecule has 0 saturated carbocycles. The van der Waals surface area contributed by atoms with Gasteiger partial charge in [-0.1, -0.05) is 59.9 Å². The SMILES string of the molecule is O=C1CSC(N2N=C(c3cccs3)CC2c2ccc(C3CC(c4cccs4)=NN3C3=NC(=O)CS3)cc2)=N1. The van der Waals surface area contributed by atoms with Gasteiger partial charge in [0.25, 0.3) is 11.8 Å². The topological polar surface area (TPSA) is 90.1 Å². The molecule has 0 spiro atoms. The number of aliphatic imine (C=N–C) groups is 2. The fourth-order valence-electron chi connectivity index (χ4n) is 4.85. The highest BCUT2D eigenvalue weighted by atomic mass is 32.2. The van der Waals surface area contributed by atoms with Gasteiger partial charge in [0.15, 0.2) is 10.3 Å². The molecule has 2 unspecified atom stereocenters. The quantitative estimate of drug-likeness (QED) is 0.415. The third-order valence-corrected chi connectivity index (χ3v) is 10.3. The fraction of sp³-hybridized carbons (Fsp3) is 0.231. The molecule has 0 bridgehead atoms. The summed E-state index contributed by atoms with van der Waals surface area (Å²) in [6.45, 7) is 0. The van der Waals surface area contributed by atoms with E-state index in [0.717, 1.165) is 45.1 Å². The van der Waals surface area contributed by atoms with Crippen LogP contribution < -0.4 is 0 Å². The van der Waals surface area contributed by atoms with E-state index in [2.05, 4.69) is 57.1 Å². The molecular formula is C26H20N6O2S4. The Bertz CT molecular complexity index is 1410. The van der Waals surface area contributed by atoms with Crippen LogP contribution in [-0.4, -0.2) is 55.1 Å². The van der Waals surface area contributed by atoms with Crippen molar-refractivity contribution in [1.82, 2.24) is 10.0 Å². The highest BCUT2D eigenvalue weighted by molar-refractivity contribution is 8.15. The molecule has 2 amide bonds. The van der Waals surface area contributed by atoms with Gasteiger partial charge in [0.2, 0.25) is 0 Å². The molecule has 3 aromatic rings. The zero-order valence-electron chi connectivity index (χ0n) is 19.9. The van der Waals surface area contributed by atoms with E-state index < -0.39 is 0 Å². The van der Waals surface area contributed by atoms with Crippen LogP contribution in [-0.2, 0) is 9.59 Å². The van der Waals surface area contributed by atoms with Crippen LogP contribution in [0.5, 0.6) is 0 Å². The second-order valence-electron chi connectivity index (χ2n) is 9.00. The average Bonchev–Trinajstić information content (AvgIpc) is 3.76. The van der Waals surface area contributed by atoms with Gasteiger partial charge in [0.05, 0.1) is 44.8 Å². The smallest absolute Gasteiger partial charge is 0.258 e. The van der Waals surface area contributed by atoms with Crippen molar-refractivity contribution in [3.63, 3.8) is 0 Å². The molecule has 0 N–H and O–H groups in total. The minimum atomic E-state index is -0.118. The highest BCUT2D eigenvalue weighted by Crippen LogP contribution is 2.40. The first-order valence-corrected chi connectivity index (χ1v) is 15.7. The molecular weight excluding hydrogens is 557 g/mol. The lowest BCUT2D eigenvalue weighted by atomic mass is 9.96. The predicted octanol–water partition coefficient (Wildman–Crippen LogP) is 5.37. The van der Waals surface area contributed by atoms with Crippen LogP contribution in [0.2, 0.25) is 0 Å². The van der Waals surface area contributed by atoms with Crippen LogP contribution in [0.3, 0.4) is 0 Å². The van der Waals surface area contributed by atoms with Crippen molar-refractivity contribution in [3.8, 4) is 0 Å². The molecule has 4 aliphatic rings. The highest BCUT2D eigenvalue weighted by Gasteiger charge is 2.37. The minimum absolute atomic E-state index is 0.0386. The van der Waals surface area contributed by atoms with E-state index >= 15 is 0 Å². The molecule has 12 heteroatoms. The molecule has 8 nitrogen and oxygen atoms in total. The summed E-state index contributed by atoms with van der Waals surface area (Å²) >= 11 is 6.22. The third kappa shape index (κ3) is 4.45. The number of hydrazone groups is 2. The number of thioether (sulfide) groups is 2. The maximum absolute atomic E-state index is 11.9. The predicted molar refractivity (Wildman–Crippen MR) is 156 cm³/mol. The number of amides is 2. The Morgan fingerprint density at radius 2 is 1.11 bits per heavy atom. The van der Waals surface area contributed by atoms with Crippen molar-refractivity contribution in [2.24, 2.45) is 20.2 Å². The monoisotopic (exact) mass is 576 g/mol. The lowest BCUT2D eigenvalue weighted by Gasteiger charge is -2.25. The van der Waals surface area contributed by atoms with Crippen molar-refractivity contribution in [2.75, 3.05) is 11.5 Å². The summed E-state index contributed by atoms with van der Waals surface area (Å²) in [7, 11) is 0. The molecule has 0 aliphatic carbocycles. The van der Waals surface area contributed by atoms with Crippen LogP contribution >= 0.6 is 46.2 Å². The van der Waals surface area contributed by atoms with Crippen molar-refractivity contribution >= 4 is 79.8 Å². The Balaban J connectivity index is 1.18. The Labute approximate surface area is 235 Å². The van der Waals surface area contributed by atoms with E-state index in [1.807, 2.05) is 22.2 Å². The van der Waals surface area contributed by atoms with Gasteiger partial charge in [0.1, 0.15) is 0 Å². The van der Waals surface area contributed by atoms with E-state index in [0.29, 0.717) is 21.8 Å². The first-order chi connectivity index (χ1) is 18.6. The van der Waals surface area contributed by atoms with E-state index in [1.165, 1.54) is 23.5 Å². The number of benzene rings is 1. The Hall–Kier alpha value is -3.06. The summed E-state index contributed by atoms with van der Waals surface area (Å²) in [4.78, 5) is 34.5. The van der Waals surface area contributed by atoms with E-state index in [1.54, 1.807) is 22.7 Å². The maximum atomic E-state index is 11.9. The number of amidine groups is 2. The van der Waals surface area contributed by atoms with Crippen molar-refractivity contribution in [2.45, 2.75) is 24.9 Å². The van der Waals surface area contributed by atoms with Crippen molar-refractivity contribution in [1.29, 1.82) is 0 Å². The zero-order valence-corrected chi connectivity index (χ0v) is 23.2. The molecule has 4 aliphatic heterocycles. The first-order valence-electron chi connectivity index (χ1n) is 12.0. The Morgan fingerprint density at radius 3 is 1.45 bits per heavy atom. The third-order valence-electron chi connectivity index (χ3n) is 6.62. The number of thiophene rings is 2. The Morgan fingerprint density at radius 1 is 0.658 bits per heavy atom. The van der Waals surface area contributed by atoms with Crippen LogP contribution in [0.15, 0.2) is 79.5 Å². The summed E-state index contributed by atoms with van der Waals surface area (Å²) in [6.07, 6.45) is 1.48. The molecule has 0 saturated heterocycles. The van der Waals surface area contributed by atoms with Gasteiger partial charge in [-0.15, -0.1) is 22.7 Å². The molecule has 2 aromatic heterocycles. The van der Waals surface area contributed by atoms with E-state index in [4.69, 9.17) is 10.2 Å². The van der Waals surface area contributed by atoms with Gasteiger partial charge in [0, 0.05) is 12.8 Å². The minimum Gasteiger partial charge on any atom is -0.272 e. The summed E-state index contributed by atoms with van der Waals surface area (Å²) in [5.74, 6) is 0.479. The van der Waals surface area contributed by atoms with Crippen LogP contribution in [0.4, 0.5) is 0 Å². The Kier molecular flexibility index (Phi) is 6.27. The molecule has 1 aromatic carbocycles. The van der Waals surface area contributed by atoms with Crippen LogP contribution in [0, 0.1) is 0 Å². The van der Waals surface area contributed by atoms with Crippen LogP contribution in [0.25, 0.3) is 0 Å². The van der Waals surface area contributed by atoms with Crippen molar-refractivity contribution in [3.05, 3.63) is 80.2 Å². The second kappa shape index (κ2) is 9.92. The van der Waals surface area contributed by atoms with Gasteiger partial charge in [-0.05, 0) is 34.0 Å². The first kappa shape index (κ1) is 24.0. The number of hydrogen-bond acceptors (Lipinski definition) is 10. The molecule has 7 rings (SSSR count). The van der Waals surface area contributed by atoms with E-state index in [9.17, 15) is 9.59 Å². The van der Waals surface area contributed by atoms with Gasteiger partial charge in [-0.2, -0.15) is 20.2 Å².